The molecule has 2 saturated heterocycles. The lowest BCUT2D eigenvalue weighted by atomic mass is 10.0. The summed E-state index contributed by atoms with van der Waals surface area (Å²) in [6.07, 6.45) is 1.33. The van der Waals surface area contributed by atoms with Crippen molar-refractivity contribution in [3.05, 3.63) is 29.3 Å². The second-order valence-electron chi connectivity index (χ2n) is 9.59. The lowest BCUT2D eigenvalue weighted by molar-refractivity contribution is -0.136. The summed E-state index contributed by atoms with van der Waals surface area (Å²) in [7, 11) is 0. The molecule has 0 aliphatic carbocycles. The van der Waals surface area contributed by atoms with Crippen LogP contribution < -0.4 is 10.6 Å². The van der Waals surface area contributed by atoms with Gasteiger partial charge in [-0.15, -0.1) is 0 Å². The summed E-state index contributed by atoms with van der Waals surface area (Å²) in [4.78, 5) is 65.1. The molecule has 0 radical (unpaired) electrons. The first-order valence-electron chi connectivity index (χ1n) is 11.1. The maximum absolute atomic E-state index is 13.2. The Morgan fingerprint density at radius 1 is 1.12 bits per heavy atom. The van der Waals surface area contributed by atoms with Crippen LogP contribution in [0.2, 0.25) is 0 Å². The van der Waals surface area contributed by atoms with Crippen LogP contribution in [0.1, 0.15) is 67.2 Å². The van der Waals surface area contributed by atoms with Gasteiger partial charge in [0.05, 0.1) is 11.1 Å². The van der Waals surface area contributed by atoms with Crippen molar-refractivity contribution >= 4 is 35.4 Å². The Morgan fingerprint density at radius 3 is 2.58 bits per heavy atom. The molecule has 176 valence electrons. The molecule has 1 aromatic carbocycles. The van der Waals surface area contributed by atoms with Crippen LogP contribution in [0.5, 0.6) is 0 Å². The number of nitrogens with one attached hydrogen (secondary N) is 2. The average molecular weight is 456 g/mol. The fourth-order valence-electron chi connectivity index (χ4n) is 4.44. The average Bonchev–Trinajstić information content (AvgIpc) is 2.98. The van der Waals surface area contributed by atoms with Crippen molar-refractivity contribution in [2.24, 2.45) is 0 Å². The van der Waals surface area contributed by atoms with E-state index < -0.39 is 35.3 Å². The van der Waals surface area contributed by atoms with Crippen molar-refractivity contribution in [3.8, 4) is 0 Å². The summed E-state index contributed by atoms with van der Waals surface area (Å²) in [5.74, 6) is -2.17. The maximum atomic E-state index is 13.2. The second kappa shape index (κ2) is 8.49. The molecule has 0 spiro atoms. The number of carbonyl (C=O) groups is 5. The number of rotatable bonds is 3. The molecule has 3 heterocycles. The van der Waals surface area contributed by atoms with Crippen LogP contribution in [0.15, 0.2) is 18.2 Å². The minimum absolute atomic E-state index is 0.0670. The van der Waals surface area contributed by atoms with Crippen LogP contribution in [0.25, 0.3) is 0 Å². The van der Waals surface area contributed by atoms with E-state index in [0.29, 0.717) is 18.8 Å². The van der Waals surface area contributed by atoms with Crippen LogP contribution in [-0.4, -0.2) is 70.3 Å². The van der Waals surface area contributed by atoms with Gasteiger partial charge in [-0.3, -0.25) is 29.4 Å². The predicted octanol–water partition coefficient (Wildman–Crippen LogP) is 1.90. The van der Waals surface area contributed by atoms with Crippen LogP contribution >= 0.6 is 0 Å². The Balaban J connectivity index is 1.52. The van der Waals surface area contributed by atoms with Gasteiger partial charge in [-0.05, 0) is 52.2 Å². The molecule has 3 aliphatic heterocycles. The third-order valence-corrected chi connectivity index (χ3v) is 5.90. The molecule has 2 fully saturated rings. The largest absolute Gasteiger partial charge is 0.444 e. The summed E-state index contributed by atoms with van der Waals surface area (Å²) in [6, 6.07) is 3.80. The molecule has 3 aliphatic rings. The number of imide groups is 2. The van der Waals surface area contributed by atoms with Crippen molar-refractivity contribution in [2.75, 3.05) is 18.4 Å². The van der Waals surface area contributed by atoms with Crippen LogP contribution in [0.4, 0.5) is 10.5 Å². The molecule has 2 atom stereocenters. The van der Waals surface area contributed by atoms with Crippen molar-refractivity contribution in [2.45, 2.75) is 64.1 Å². The molecular weight excluding hydrogens is 428 g/mol. The molecule has 4 rings (SSSR count). The normalized spacial score (nSPS) is 23.4. The topological polar surface area (TPSA) is 125 Å². The van der Waals surface area contributed by atoms with Crippen molar-refractivity contribution < 1.29 is 28.7 Å². The highest BCUT2D eigenvalue weighted by Gasteiger charge is 2.45. The number of benzene rings is 1. The van der Waals surface area contributed by atoms with Crippen LogP contribution in [0.3, 0.4) is 0 Å². The molecule has 5 amide bonds. The number of likely N-dealkylation sites (tertiary alicyclic amines) is 1. The molecule has 2 N–H and O–H groups in total. The van der Waals surface area contributed by atoms with E-state index in [1.165, 1.54) is 0 Å². The Bertz CT molecular complexity index is 1030. The highest BCUT2D eigenvalue weighted by molar-refractivity contribution is 6.25. The highest BCUT2D eigenvalue weighted by atomic mass is 16.6. The molecule has 10 nitrogen and oxygen atoms in total. The van der Waals surface area contributed by atoms with E-state index in [9.17, 15) is 24.0 Å². The first-order chi connectivity index (χ1) is 15.5. The van der Waals surface area contributed by atoms with E-state index in [1.807, 2.05) is 20.8 Å². The maximum Gasteiger partial charge on any atom is 0.410 e. The SMILES string of the molecule is CC(C)(C)OC(=O)N1CCCC(Nc2cccc3c2C(=O)N(C2CCC(=O)NC2=O)C3=O)C1. The minimum Gasteiger partial charge on any atom is -0.444 e. The number of ether oxygens (including phenoxy) is 1. The zero-order valence-corrected chi connectivity index (χ0v) is 19.0. The Morgan fingerprint density at radius 2 is 1.88 bits per heavy atom. The smallest absolute Gasteiger partial charge is 0.410 e. The lowest BCUT2D eigenvalue weighted by Crippen LogP contribution is -2.54. The summed E-state index contributed by atoms with van der Waals surface area (Å²) in [5.41, 5.74) is 0.317. The van der Waals surface area contributed by atoms with Crippen molar-refractivity contribution in [1.29, 1.82) is 0 Å². The van der Waals surface area contributed by atoms with Crippen molar-refractivity contribution in [3.63, 3.8) is 0 Å². The van der Waals surface area contributed by atoms with E-state index >= 15 is 0 Å². The highest BCUT2D eigenvalue weighted by Crippen LogP contribution is 2.33. The molecular formula is C23H28N4O6. The van der Waals surface area contributed by atoms with Gasteiger partial charge in [0, 0.05) is 31.2 Å². The number of hydrogen-bond acceptors (Lipinski definition) is 7. The second-order valence-corrected chi connectivity index (χ2v) is 9.59. The summed E-state index contributed by atoms with van der Waals surface area (Å²) >= 11 is 0. The first kappa shape index (κ1) is 22.8. The fraction of sp³-hybridized carbons (Fsp3) is 0.522. The molecule has 2 unspecified atom stereocenters. The lowest BCUT2D eigenvalue weighted by Gasteiger charge is -2.35. The number of piperidine rings is 2. The van der Waals surface area contributed by atoms with Gasteiger partial charge in [0.2, 0.25) is 11.8 Å². The van der Waals surface area contributed by atoms with Gasteiger partial charge in [0.1, 0.15) is 11.6 Å². The Labute approximate surface area is 191 Å². The van der Waals surface area contributed by atoms with E-state index in [1.54, 1.807) is 23.1 Å². The minimum atomic E-state index is -1.01. The standard InChI is InChI=1S/C23H28N4O6/c1-23(2,3)33-22(32)26-11-5-6-13(12-26)24-15-8-4-7-14-18(15)21(31)27(20(14)30)16-9-10-17(28)25-19(16)29/h4,7-8,13,16,24H,5-6,9-12H2,1-3H3,(H,25,28,29). The summed E-state index contributed by atoms with van der Waals surface area (Å²) in [6.45, 7) is 6.43. The molecule has 0 saturated carbocycles. The number of nitrogens with zero attached hydrogens (tertiary/aromatic N) is 2. The van der Waals surface area contributed by atoms with Crippen LogP contribution in [0, 0.1) is 0 Å². The molecule has 0 aromatic heterocycles. The number of amides is 5. The van der Waals surface area contributed by atoms with Gasteiger partial charge in [-0.2, -0.15) is 0 Å². The predicted molar refractivity (Wildman–Crippen MR) is 118 cm³/mol. The summed E-state index contributed by atoms with van der Waals surface area (Å²) in [5, 5.41) is 5.51. The zero-order valence-electron chi connectivity index (χ0n) is 19.0. The number of carbonyl (C=O) groups excluding carboxylic acids is 5. The van der Waals surface area contributed by atoms with Gasteiger partial charge in [0.25, 0.3) is 11.8 Å². The van der Waals surface area contributed by atoms with Gasteiger partial charge in [0.15, 0.2) is 0 Å². The molecule has 33 heavy (non-hydrogen) atoms. The van der Waals surface area contributed by atoms with Crippen LogP contribution in [-0.2, 0) is 14.3 Å². The monoisotopic (exact) mass is 456 g/mol. The molecule has 10 heteroatoms. The van der Waals surface area contributed by atoms with E-state index in [-0.39, 0.29) is 36.1 Å². The van der Waals surface area contributed by atoms with Gasteiger partial charge >= 0.3 is 6.09 Å². The number of fused-ring (bicyclic) bond motifs is 1. The molecule has 1 aromatic rings. The number of anilines is 1. The van der Waals surface area contributed by atoms with Gasteiger partial charge in [-0.1, -0.05) is 6.07 Å². The van der Waals surface area contributed by atoms with E-state index in [0.717, 1.165) is 17.7 Å². The van der Waals surface area contributed by atoms with Gasteiger partial charge in [-0.25, -0.2) is 4.79 Å². The fourth-order valence-corrected chi connectivity index (χ4v) is 4.44. The van der Waals surface area contributed by atoms with Crippen molar-refractivity contribution in [1.82, 2.24) is 15.1 Å². The van der Waals surface area contributed by atoms with E-state index in [2.05, 4.69) is 10.6 Å². The zero-order chi connectivity index (χ0) is 23.9. The first-order valence-corrected chi connectivity index (χ1v) is 11.1. The third kappa shape index (κ3) is 4.55. The third-order valence-electron chi connectivity index (χ3n) is 5.90. The van der Waals surface area contributed by atoms with Gasteiger partial charge < -0.3 is 15.0 Å². The Kier molecular flexibility index (Phi) is 5.85. The summed E-state index contributed by atoms with van der Waals surface area (Å²) < 4.78 is 5.47. The quantitative estimate of drug-likeness (QED) is 0.666. The Hall–Kier alpha value is -3.43. The van der Waals surface area contributed by atoms with E-state index in [4.69, 9.17) is 4.74 Å². The molecule has 0 bridgehead atoms. The number of hydrogen-bond donors (Lipinski definition) is 2.